The Labute approximate surface area is 173 Å². The second-order valence-corrected chi connectivity index (χ2v) is 8.85. The van der Waals surface area contributed by atoms with Crippen LogP contribution in [0.4, 0.5) is 11.4 Å². The van der Waals surface area contributed by atoms with Gasteiger partial charge < -0.3 is 14.8 Å². The Morgan fingerprint density at radius 3 is 2.39 bits per heavy atom. The second-order valence-electron chi connectivity index (χ2n) is 6.18. The van der Waals surface area contributed by atoms with Gasteiger partial charge in [0.1, 0.15) is 19.3 Å². The lowest BCUT2D eigenvalue weighted by Gasteiger charge is -2.29. The zero-order valence-corrected chi connectivity index (χ0v) is 17.4. The van der Waals surface area contributed by atoms with Crippen LogP contribution < -0.4 is 19.1 Å². The van der Waals surface area contributed by atoms with Crippen LogP contribution in [0, 0.1) is 0 Å². The molecule has 7 nitrogen and oxygen atoms in total. The van der Waals surface area contributed by atoms with Gasteiger partial charge in [-0.15, -0.1) is 0 Å². The van der Waals surface area contributed by atoms with Gasteiger partial charge in [0, 0.05) is 11.8 Å². The van der Waals surface area contributed by atoms with Crippen molar-refractivity contribution in [1.29, 1.82) is 0 Å². The fourth-order valence-corrected chi connectivity index (χ4v) is 4.26. The summed E-state index contributed by atoms with van der Waals surface area (Å²) in [5.41, 5.74) is 0.699. The van der Waals surface area contributed by atoms with E-state index in [-0.39, 0.29) is 5.02 Å². The van der Waals surface area contributed by atoms with Crippen LogP contribution in [0.1, 0.15) is 6.92 Å². The van der Waals surface area contributed by atoms with E-state index in [0.29, 0.717) is 41.1 Å². The van der Waals surface area contributed by atoms with Gasteiger partial charge in [0.2, 0.25) is 15.9 Å². The van der Waals surface area contributed by atoms with E-state index < -0.39 is 22.0 Å². The molecule has 3 rings (SSSR count). The second kappa shape index (κ2) is 8.06. The standard InChI is InChI=1S/C18H18Cl2N2O5S/c1-11(18(23)21-12-3-5-14(19)15(20)9-12)22(28(2,24)25)13-4-6-16-17(10-13)27-8-7-26-16/h3-6,9-11H,7-8H2,1-2H3,(H,21,23)/t11-/m0/s1. The number of nitrogens with zero attached hydrogens (tertiary/aromatic N) is 1. The Bertz CT molecular complexity index is 1010. The lowest BCUT2D eigenvalue weighted by Crippen LogP contribution is -2.45. The van der Waals surface area contributed by atoms with Crippen molar-refractivity contribution in [1.82, 2.24) is 0 Å². The average molecular weight is 445 g/mol. The Kier molecular flexibility index (Phi) is 5.92. The molecule has 0 saturated carbocycles. The molecule has 10 heteroatoms. The summed E-state index contributed by atoms with van der Waals surface area (Å²) in [4.78, 5) is 12.7. The van der Waals surface area contributed by atoms with Crippen molar-refractivity contribution in [2.24, 2.45) is 0 Å². The van der Waals surface area contributed by atoms with E-state index in [1.54, 1.807) is 30.3 Å². The van der Waals surface area contributed by atoms with Crippen molar-refractivity contribution in [3.8, 4) is 11.5 Å². The van der Waals surface area contributed by atoms with Crippen molar-refractivity contribution in [3.05, 3.63) is 46.4 Å². The molecular formula is C18H18Cl2N2O5S. The zero-order valence-electron chi connectivity index (χ0n) is 15.1. The van der Waals surface area contributed by atoms with Crippen LogP contribution in [0.15, 0.2) is 36.4 Å². The van der Waals surface area contributed by atoms with Gasteiger partial charge in [-0.2, -0.15) is 0 Å². The van der Waals surface area contributed by atoms with Crippen molar-refractivity contribution in [2.45, 2.75) is 13.0 Å². The average Bonchev–Trinajstić information content (AvgIpc) is 2.63. The number of anilines is 2. The van der Waals surface area contributed by atoms with Crippen LogP contribution >= 0.6 is 23.2 Å². The maximum atomic E-state index is 12.7. The predicted molar refractivity (Wildman–Crippen MR) is 109 cm³/mol. The first-order valence-corrected chi connectivity index (χ1v) is 10.9. The van der Waals surface area contributed by atoms with E-state index in [0.717, 1.165) is 10.6 Å². The number of ether oxygens (including phenoxy) is 2. The first kappa shape index (κ1) is 20.6. The predicted octanol–water partition coefficient (Wildman–Crippen LogP) is 3.56. The molecule has 2 aromatic carbocycles. The van der Waals surface area contributed by atoms with Crippen LogP contribution in [-0.2, 0) is 14.8 Å². The van der Waals surface area contributed by atoms with E-state index >= 15 is 0 Å². The number of hydrogen-bond acceptors (Lipinski definition) is 5. The molecular weight excluding hydrogens is 427 g/mol. The molecule has 1 aliphatic heterocycles. The number of benzene rings is 2. The summed E-state index contributed by atoms with van der Waals surface area (Å²) in [5.74, 6) is 0.421. The number of carbonyl (C=O) groups is 1. The molecule has 1 N–H and O–H groups in total. The molecule has 0 aliphatic carbocycles. The van der Waals surface area contributed by atoms with Gasteiger partial charge in [-0.1, -0.05) is 23.2 Å². The summed E-state index contributed by atoms with van der Waals surface area (Å²) in [6.07, 6.45) is 1.03. The number of carbonyl (C=O) groups excluding carboxylic acids is 1. The third-order valence-corrected chi connectivity index (χ3v) is 6.04. The molecule has 2 aromatic rings. The van der Waals surface area contributed by atoms with Crippen LogP contribution in [0.3, 0.4) is 0 Å². The number of sulfonamides is 1. The van der Waals surface area contributed by atoms with Crippen molar-refractivity contribution >= 4 is 50.5 Å². The molecule has 0 spiro atoms. The highest BCUT2D eigenvalue weighted by molar-refractivity contribution is 7.92. The van der Waals surface area contributed by atoms with Gasteiger partial charge in [-0.25, -0.2) is 8.42 Å². The lowest BCUT2D eigenvalue weighted by molar-refractivity contribution is -0.116. The van der Waals surface area contributed by atoms with E-state index in [1.165, 1.54) is 13.0 Å². The number of halogens is 2. The molecule has 1 amide bonds. The summed E-state index contributed by atoms with van der Waals surface area (Å²) < 4.78 is 36.9. The summed E-state index contributed by atoms with van der Waals surface area (Å²) >= 11 is 11.8. The lowest BCUT2D eigenvalue weighted by atomic mass is 10.2. The first-order valence-electron chi connectivity index (χ1n) is 8.32. The van der Waals surface area contributed by atoms with E-state index in [2.05, 4.69) is 5.32 Å². The van der Waals surface area contributed by atoms with E-state index in [1.807, 2.05) is 0 Å². The van der Waals surface area contributed by atoms with E-state index in [9.17, 15) is 13.2 Å². The third kappa shape index (κ3) is 4.45. The van der Waals surface area contributed by atoms with Gasteiger partial charge in [0.15, 0.2) is 11.5 Å². The molecule has 0 bridgehead atoms. The van der Waals surface area contributed by atoms with Crippen molar-refractivity contribution < 1.29 is 22.7 Å². The molecule has 28 heavy (non-hydrogen) atoms. The molecule has 1 heterocycles. The van der Waals surface area contributed by atoms with Gasteiger partial charge in [0.25, 0.3) is 0 Å². The molecule has 0 unspecified atom stereocenters. The molecule has 0 saturated heterocycles. The molecule has 1 aliphatic rings. The largest absolute Gasteiger partial charge is 0.486 e. The van der Waals surface area contributed by atoms with Crippen molar-refractivity contribution in [2.75, 3.05) is 29.1 Å². The smallest absolute Gasteiger partial charge is 0.247 e. The van der Waals surface area contributed by atoms with Crippen LogP contribution in [0.5, 0.6) is 11.5 Å². The zero-order chi connectivity index (χ0) is 20.5. The number of rotatable bonds is 5. The SMILES string of the molecule is C[C@@H](C(=O)Nc1ccc(Cl)c(Cl)c1)N(c1ccc2c(c1)OCCO2)S(C)(=O)=O. The minimum absolute atomic E-state index is 0.277. The summed E-state index contributed by atoms with van der Waals surface area (Å²) in [5, 5.41) is 3.28. The fourth-order valence-electron chi connectivity index (χ4n) is 2.80. The van der Waals surface area contributed by atoms with E-state index in [4.69, 9.17) is 32.7 Å². The molecule has 0 radical (unpaired) electrons. The topological polar surface area (TPSA) is 84.9 Å². The quantitative estimate of drug-likeness (QED) is 0.761. The first-order chi connectivity index (χ1) is 13.2. The summed E-state index contributed by atoms with van der Waals surface area (Å²) in [6, 6.07) is 8.30. The number of fused-ring (bicyclic) bond motifs is 1. The summed E-state index contributed by atoms with van der Waals surface area (Å²) in [6.45, 7) is 2.28. The van der Waals surface area contributed by atoms with Crippen molar-refractivity contribution in [3.63, 3.8) is 0 Å². The Morgan fingerprint density at radius 1 is 1.07 bits per heavy atom. The number of hydrogen-bond donors (Lipinski definition) is 1. The minimum atomic E-state index is -3.77. The van der Waals surface area contributed by atoms with Gasteiger partial charge in [-0.05, 0) is 37.3 Å². The Balaban J connectivity index is 1.89. The van der Waals surface area contributed by atoms with Gasteiger partial charge >= 0.3 is 0 Å². The number of nitrogens with one attached hydrogen (secondary N) is 1. The molecule has 0 fully saturated rings. The molecule has 0 aromatic heterocycles. The van der Waals surface area contributed by atoms with Gasteiger partial charge in [0.05, 0.1) is 22.0 Å². The Hall–Kier alpha value is -2.16. The maximum Gasteiger partial charge on any atom is 0.247 e. The number of amides is 1. The highest BCUT2D eigenvalue weighted by Crippen LogP contribution is 2.35. The highest BCUT2D eigenvalue weighted by atomic mass is 35.5. The Morgan fingerprint density at radius 2 is 1.75 bits per heavy atom. The van der Waals surface area contributed by atoms with Crippen LogP contribution in [0.2, 0.25) is 10.0 Å². The van der Waals surface area contributed by atoms with Gasteiger partial charge in [-0.3, -0.25) is 9.10 Å². The fraction of sp³-hybridized carbons (Fsp3) is 0.278. The molecule has 150 valence electrons. The maximum absolute atomic E-state index is 12.7. The van der Waals surface area contributed by atoms with Crippen LogP contribution in [0.25, 0.3) is 0 Å². The highest BCUT2D eigenvalue weighted by Gasteiger charge is 2.30. The molecule has 1 atom stereocenters. The minimum Gasteiger partial charge on any atom is -0.486 e. The normalized spacial score (nSPS) is 14.3. The van der Waals surface area contributed by atoms with Crippen LogP contribution in [-0.4, -0.2) is 39.8 Å². The monoisotopic (exact) mass is 444 g/mol. The third-order valence-electron chi connectivity index (χ3n) is 4.06. The summed E-state index contributed by atoms with van der Waals surface area (Å²) in [7, 11) is -3.77.